The fraction of sp³-hybridized carbons (Fsp3) is 0.690. The summed E-state index contributed by atoms with van der Waals surface area (Å²) in [6.07, 6.45) is 17.9. The Balaban J connectivity index is 1.02. The summed E-state index contributed by atoms with van der Waals surface area (Å²) < 4.78 is 57.1. The second-order valence-electron chi connectivity index (χ2n) is 16.0. The van der Waals surface area contributed by atoms with E-state index in [1.807, 2.05) is 6.07 Å². The molecule has 14 nitrogen and oxygen atoms in total. The maximum atomic E-state index is 14.1. The summed E-state index contributed by atoms with van der Waals surface area (Å²) in [5, 5.41) is 36.1. The highest BCUT2D eigenvalue weighted by Crippen LogP contribution is 2.63. The SMILES string of the molecule is CCCCCCCCCCCCCCCCCCCOC[C@H](COP(=O)(O)OC1[C@H]2O[C@@](C)(c3ccc4c(N)ncnn34)[C@H](O)[C@@]12O)OCc1cc(F)cc(C#N)c1. The molecule has 1 aliphatic heterocycles. The number of aliphatic hydroxyl groups excluding tert-OH is 1. The van der Waals surface area contributed by atoms with Gasteiger partial charge in [-0.15, -0.1) is 0 Å². The first-order valence-corrected chi connectivity index (χ1v) is 22.6. The van der Waals surface area contributed by atoms with Crippen molar-refractivity contribution >= 4 is 19.2 Å². The quantitative estimate of drug-likeness (QED) is 0.0390. The zero-order valence-electron chi connectivity index (χ0n) is 34.1. The Morgan fingerprint density at radius 1 is 0.983 bits per heavy atom. The monoisotopic (exact) mass is 831 g/mol. The molecule has 1 aliphatic carbocycles. The van der Waals surface area contributed by atoms with Crippen molar-refractivity contribution in [3.05, 3.63) is 59.3 Å². The number of halogens is 1. The number of benzene rings is 1. The van der Waals surface area contributed by atoms with Crippen LogP contribution in [0.1, 0.15) is 140 Å². The Hall–Kier alpha value is -3.03. The normalized spacial score (nSPS) is 24.1. The average Bonchev–Trinajstić information content (AvgIpc) is 3.44. The minimum absolute atomic E-state index is 0.00872. The molecular formula is C42H63FN5O9P. The number of phosphoric ester groups is 1. The number of fused-ring (bicyclic) bond motifs is 2. The number of nitrogens with zero attached hydrogens (tertiary/aromatic N) is 4. The van der Waals surface area contributed by atoms with Gasteiger partial charge < -0.3 is 35.1 Å². The van der Waals surface area contributed by atoms with E-state index in [0.29, 0.717) is 23.4 Å². The molecule has 0 bridgehead atoms. The molecule has 2 fully saturated rings. The summed E-state index contributed by atoms with van der Waals surface area (Å²) in [7, 11) is -4.84. The lowest BCUT2D eigenvalue weighted by molar-refractivity contribution is -0.127. The van der Waals surface area contributed by atoms with Crippen LogP contribution < -0.4 is 5.73 Å². The van der Waals surface area contributed by atoms with Crippen LogP contribution in [0.2, 0.25) is 0 Å². The van der Waals surface area contributed by atoms with Gasteiger partial charge in [-0.1, -0.05) is 110 Å². The second kappa shape index (κ2) is 22.0. The number of aliphatic hydroxyl groups is 2. The van der Waals surface area contributed by atoms with Gasteiger partial charge in [0.2, 0.25) is 0 Å². The third-order valence-corrected chi connectivity index (χ3v) is 12.3. The van der Waals surface area contributed by atoms with Crippen molar-refractivity contribution in [2.75, 3.05) is 25.6 Å². The Morgan fingerprint density at radius 3 is 2.19 bits per heavy atom. The molecular weight excluding hydrogens is 768 g/mol. The summed E-state index contributed by atoms with van der Waals surface area (Å²) in [6.45, 7) is 3.72. The molecule has 7 atom stereocenters. The Kier molecular flexibility index (Phi) is 17.5. The molecule has 2 aliphatic rings. The number of nitriles is 1. The van der Waals surface area contributed by atoms with Crippen molar-refractivity contribution in [3.8, 4) is 6.07 Å². The van der Waals surface area contributed by atoms with E-state index < -0.39 is 55.9 Å². The molecule has 58 heavy (non-hydrogen) atoms. The fourth-order valence-electron chi connectivity index (χ4n) is 7.89. The van der Waals surface area contributed by atoms with Gasteiger partial charge in [0.05, 0.1) is 37.1 Å². The van der Waals surface area contributed by atoms with Crippen molar-refractivity contribution in [3.63, 3.8) is 0 Å². The Morgan fingerprint density at radius 2 is 1.60 bits per heavy atom. The zero-order valence-corrected chi connectivity index (χ0v) is 35.0. The Labute approximate surface area is 341 Å². The van der Waals surface area contributed by atoms with Crippen LogP contribution >= 0.6 is 7.82 Å². The molecule has 0 amide bonds. The van der Waals surface area contributed by atoms with Crippen LogP contribution in [-0.4, -0.2) is 79.5 Å². The van der Waals surface area contributed by atoms with E-state index in [2.05, 4.69) is 17.0 Å². The highest BCUT2D eigenvalue weighted by atomic mass is 31.2. The molecule has 1 saturated carbocycles. The zero-order chi connectivity index (χ0) is 41.6. The number of aromatic nitrogens is 3. The number of nitrogen functional groups attached to an aromatic ring is 1. The predicted octanol–water partition coefficient (Wildman–Crippen LogP) is 7.80. The first-order valence-electron chi connectivity index (χ1n) is 21.1. The van der Waals surface area contributed by atoms with Gasteiger partial charge >= 0.3 is 7.82 Å². The maximum Gasteiger partial charge on any atom is 0.472 e. The third kappa shape index (κ3) is 12.3. The average molecular weight is 832 g/mol. The minimum Gasteiger partial charge on any atom is -0.386 e. The number of anilines is 1. The van der Waals surface area contributed by atoms with Crippen molar-refractivity contribution in [1.29, 1.82) is 5.26 Å². The van der Waals surface area contributed by atoms with Crippen LogP contribution in [-0.2, 0) is 40.0 Å². The van der Waals surface area contributed by atoms with Crippen LogP contribution in [0.15, 0.2) is 36.7 Å². The summed E-state index contributed by atoms with van der Waals surface area (Å²) in [5.74, 6) is -0.378. The number of nitrogens with two attached hydrogens (primary N) is 1. The summed E-state index contributed by atoms with van der Waals surface area (Å²) in [4.78, 5) is 14.6. The van der Waals surface area contributed by atoms with E-state index in [0.717, 1.165) is 25.3 Å². The standard InChI is InChI=1S/C42H63FN5O9P/c1-3-4-5-6-7-8-9-10-11-12-13-14-15-16-17-18-19-22-53-28-34(54-27-32-23-31(26-44)24-33(43)25-32)29-55-58(51,52)57-38-37-42(38,50)40(49)41(2,56-37)36-21-20-35-39(45)46-30-47-48(35)36/h20-21,23-25,30,34,37-38,40,49-50H,3-19,22,27-29H2,1-2H3,(H,51,52)(H2,45,46,47)/t34-,37-,38?,40+,41+,42+/m1/s1. The molecule has 322 valence electrons. The summed E-state index contributed by atoms with van der Waals surface area (Å²) in [5.41, 5.74) is 3.87. The van der Waals surface area contributed by atoms with Gasteiger partial charge in [-0.05, 0) is 49.2 Å². The van der Waals surface area contributed by atoms with Gasteiger partial charge in [0.1, 0.15) is 47.7 Å². The van der Waals surface area contributed by atoms with E-state index in [1.54, 1.807) is 19.1 Å². The number of unbranched alkanes of at least 4 members (excludes halogenated alkanes) is 16. The van der Waals surface area contributed by atoms with E-state index in [-0.39, 0.29) is 24.6 Å². The largest absolute Gasteiger partial charge is 0.472 e. The van der Waals surface area contributed by atoms with Crippen molar-refractivity contribution in [2.45, 2.75) is 165 Å². The molecule has 16 heteroatoms. The van der Waals surface area contributed by atoms with Crippen molar-refractivity contribution < 1.29 is 47.3 Å². The topological polar surface area (TPSA) is 204 Å². The second-order valence-corrected chi connectivity index (χ2v) is 17.4. The lowest BCUT2D eigenvalue weighted by atomic mass is 9.91. The molecule has 3 heterocycles. The minimum atomic E-state index is -4.84. The third-order valence-electron chi connectivity index (χ3n) is 11.3. The number of phosphoric acid groups is 1. The summed E-state index contributed by atoms with van der Waals surface area (Å²) in [6, 6.07) is 9.05. The lowest BCUT2D eigenvalue weighted by Gasteiger charge is -2.32. The van der Waals surface area contributed by atoms with Gasteiger partial charge in [0, 0.05) is 6.61 Å². The van der Waals surface area contributed by atoms with E-state index in [1.165, 1.54) is 113 Å². The number of hydrogen-bond acceptors (Lipinski definition) is 12. The molecule has 5 rings (SSSR count). The number of hydrogen-bond donors (Lipinski definition) is 4. The molecule has 2 unspecified atom stereocenters. The molecule has 0 spiro atoms. The van der Waals surface area contributed by atoms with Gasteiger partial charge in [0.15, 0.2) is 11.4 Å². The first kappa shape index (κ1) is 46.0. The summed E-state index contributed by atoms with van der Waals surface area (Å²) >= 11 is 0. The molecule has 5 N–H and O–H groups in total. The van der Waals surface area contributed by atoms with Crippen LogP contribution in [0.3, 0.4) is 0 Å². The van der Waals surface area contributed by atoms with Crippen LogP contribution in [0, 0.1) is 17.1 Å². The predicted molar refractivity (Wildman–Crippen MR) is 216 cm³/mol. The van der Waals surface area contributed by atoms with Crippen molar-refractivity contribution in [1.82, 2.24) is 14.6 Å². The Bertz CT molecular complexity index is 1830. The highest BCUT2D eigenvalue weighted by Gasteiger charge is 2.82. The lowest BCUT2D eigenvalue weighted by Crippen LogP contribution is -2.46. The van der Waals surface area contributed by atoms with Gasteiger partial charge in [0.25, 0.3) is 0 Å². The van der Waals surface area contributed by atoms with Gasteiger partial charge in [-0.3, -0.25) is 9.05 Å². The molecule has 1 saturated heterocycles. The maximum absolute atomic E-state index is 14.1. The molecule has 3 aromatic rings. The number of ether oxygens (including phenoxy) is 3. The molecule has 1 aromatic carbocycles. The van der Waals surface area contributed by atoms with Crippen molar-refractivity contribution in [2.24, 2.45) is 0 Å². The van der Waals surface area contributed by atoms with Crippen LogP contribution in [0.5, 0.6) is 0 Å². The van der Waals surface area contributed by atoms with E-state index in [9.17, 15) is 29.3 Å². The fourth-order valence-corrected chi connectivity index (χ4v) is 8.87. The number of rotatable bonds is 29. The molecule has 0 radical (unpaired) electrons. The van der Waals surface area contributed by atoms with E-state index >= 15 is 0 Å². The van der Waals surface area contributed by atoms with Gasteiger partial charge in [-0.2, -0.15) is 10.4 Å². The van der Waals surface area contributed by atoms with Gasteiger partial charge in [-0.25, -0.2) is 18.5 Å². The van der Waals surface area contributed by atoms with Crippen LogP contribution in [0.25, 0.3) is 5.52 Å². The first-order chi connectivity index (χ1) is 27.9. The van der Waals surface area contributed by atoms with Crippen LogP contribution in [0.4, 0.5) is 10.2 Å². The van der Waals surface area contributed by atoms with E-state index in [4.69, 9.17) is 29.0 Å². The molecule has 2 aromatic heterocycles. The highest BCUT2D eigenvalue weighted by molar-refractivity contribution is 7.47. The smallest absolute Gasteiger partial charge is 0.386 e.